The van der Waals surface area contributed by atoms with Gasteiger partial charge in [0.15, 0.2) is 0 Å². The molecule has 1 amide bonds. The minimum atomic E-state index is -3.83. The fourth-order valence-electron chi connectivity index (χ4n) is 3.44. The molecule has 0 unspecified atom stereocenters. The lowest BCUT2D eigenvalue weighted by atomic mass is 9.94. The molecule has 0 fully saturated rings. The van der Waals surface area contributed by atoms with Crippen LogP contribution in [-0.4, -0.2) is 18.6 Å². The number of carbonyl (C=O) groups is 1. The van der Waals surface area contributed by atoms with Crippen LogP contribution in [-0.2, 0) is 16.6 Å². The summed E-state index contributed by atoms with van der Waals surface area (Å²) in [5, 5.41) is 0. The highest BCUT2D eigenvalue weighted by atomic mass is 32.2. The smallest absolute Gasteiger partial charge is 0.268 e. The predicted molar refractivity (Wildman–Crippen MR) is 105 cm³/mol. The van der Waals surface area contributed by atoms with Gasteiger partial charge in [0.1, 0.15) is 4.90 Å². The van der Waals surface area contributed by atoms with Gasteiger partial charge < -0.3 is 0 Å². The molecule has 0 radical (unpaired) electrons. The maximum atomic E-state index is 12.9. The summed E-state index contributed by atoms with van der Waals surface area (Å²) in [4.78, 5) is 12.8. The molecule has 0 spiro atoms. The first-order valence-electron chi connectivity index (χ1n) is 8.71. The summed E-state index contributed by atoms with van der Waals surface area (Å²) < 4.78 is 26.8. The molecule has 0 N–H and O–H groups in total. The Morgan fingerprint density at radius 1 is 0.815 bits per heavy atom. The van der Waals surface area contributed by atoms with Crippen LogP contribution in [0.1, 0.15) is 27.0 Å². The number of benzene rings is 3. The number of rotatable bonds is 3. The molecular formula is C22H19NO3S. The lowest BCUT2D eigenvalue weighted by molar-refractivity contribution is 0.0865. The normalized spacial score (nSPS) is 15.0. The van der Waals surface area contributed by atoms with Crippen molar-refractivity contribution in [2.45, 2.75) is 25.3 Å². The van der Waals surface area contributed by atoms with Crippen LogP contribution in [0.15, 0.2) is 71.6 Å². The van der Waals surface area contributed by atoms with Crippen molar-refractivity contribution in [3.63, 3.8) is 0 Å². The van der Waals surface area contributed by atoms with Gasteiger partial charge in [-0.3, -0.25) is 4.79 Å². The lowest BCUT2D eigenvalue weighted by Gasteiger charge is -2.19. The number of amides is 1. The molecule has 0 aromatic heterocycles. The summed E-state index contributed by atoms with van der Waals surface area (Å²) in [6, 6.07) is 20.2. The van der Waals surface area contributed by atoms with E-state index in [0.29, 0.717) is 0 Å². The van der Waals surface area contributed by atoms with Crippen LogP contribution in [0.3, 0.4) is 0 Å². The number of carbonyl (C=O) groups excluding carboxylic acids is 1. The number of hydrogen-bond acceptors (Lipinski definition) is 3. The monoisotopic (exact) mass is 377 g/mol. The van der Waals surface area contributed by atoms with Gasteiger partial charge in [0, 0.05) is 0 Å². The van der Waals surface area contributed by atoms with Crippen molar-refractivity contribution >= 4 is 15.9 Å². The van der Waals surface area contributed by atoms with E-state index in [9.17, 15) is 13.2 Å². The first-order chi connectivity index (χ1) is 12.9. The number of fused-ring (bicyclic) bond motifs is 1. The van der Waals surface area contributed by atoms with Gasteiger partial charge in [0.05, 0.1) is 12.1 Å². The van der Waals surface area contributed by atoms with E-state index in [1.165, 1.54) is 6.07 Å². The standard InChI is InChI=1S/C22H19NO3S/c1-15-12-18(20(13-16(15)2)17-8-4-3-5-9-17)14-23-22(24)19-10-6-7-11-21(19)27(23,25)26/h3-13H,14H2,1-2H3. The van der Waals surface area contributed by atoms with E-state index < -0.39 is 15.9 Å². The third-order valence-corrected chi connectivity index (χ3v) is 6.82. The zero-order chi connectivity index (χ0) is 19.2. The Labute approximate surface area is 159 Å². The van der Waals surface area contributed by atoms with Crippen molar-refractivity contribution in [3.05, 3.63) is 89.0 Å². The summed E-state index contributed by atoms with van der Waals surface area (Å²) in [7, 11) is -3.83. The topological polar surface area (TPSA) is 54.5 Å². The minimum Gasteiger partial charge on any atom is -0.268 e. The Morgan fingerprint density at radius 3 is 2.15 bits per heavy atom. The summed E-state index contributed by atoms with van der Waals surface area (Å²) in [5.41, 5.74) is 5.18. The molecule has 4 nitrogen and oxygen atoms in total. The average molecular weight is 377 g/mol. The molecule has 136 valence electrons. The van der Waals surface area contributed by atoms with E-state index in [4.69, 9.17) is 0 Å². The molecule has 1 aliphatic rings. The second-order valence-corrected chi connectivity index (χ2v) is 8.60. The molecule has 0 saturated carbocycles. The van der Waals surface area contributed by atoms with Crippen molar-refractivity contribution in [1.82, 2.24) is 4.31 Å². The summed E-state index contributed by atoms with van der Waals surface area (Å²) in [6.45, 7) is 4.03. The predicted octanol–water partition coefficient (Wildman–Crippen LogP) is 4.32. The zero-order valence-electron chi connectivity index (χ0n) is 15.1. The number of sulfonamides is 1. The maximum Gasteiger partial charge on any atom is 0.269 e. The fourth-order valence-corrected chi connectivity index (χ4v) is 4.98. The van der Waals surface area contributed by atoms with Crippen LogP contribution >= 0.6 is 0 Å². The number of aryl methyl sites for hydroxylation is 2. The Kier molecular flexibility index (Phi) is 4.12. The van der Waals surface area contributed by atoms with Crippen molar-refractivity contribution in [3.8, 4) is 11.1 Å². The van der Waals surface area contributed by atoms with E-state index in [-0.39, 0.29) is 17.0 Å². The highest BCUT2D eigenvalue weighted by Gasteiger charge is 2.41. The molecule has 4 rings (SSSR count). The van der Waals surface area contributed by atoms with Crippen LogP contribution < -0.4 is 0 Å². The van der Waals surface area contributed by atoms with Gasteiger partial charge >= 0.3 is 0 Å². The van der Waals surface area contributed by atoms with Crippen molar-refractivity contribution in [2.24, 2.45) is 0 Å². The van der Waals surface area contributed by atoms with Crippen LogP contribution in [0.2, 0.25) is 0 Å². The van der Waals surface area contributed by atoms with Gasteiger partial charge in [-0.25, -0.2) is 12.7 Å². The van der Waals surface area contributed by atoms with Gasteiger partial charge in [-0.15, -0.1) is 0 Å². The lowest BCUT2D eigenvalue weighted by Crippen LogP contribution is -2.29. The molecule has 3 aromatic rings. The van der Waals surface area contributed by atoms with E-state index in [2.05, 4.69) is 6.07 Å². The quantitative estimate of drug-likeness (QED) is 0.683. The largest absolute Gasteiger partial charge is 0.269 e. The molecule has 3 aromatic carbocycles. The molecule has 0 atom stereocenters. The molecule has 0 bridgehead atoms. The van der Waals surface area contributed by atoms with Crippen LogP contribution in [0.5, 0.6) is 0 Å². The van der Waals surface area contributed by atoms with Gasteiger partial charge in [-0.05, 0) is 53.8 Å². The van der Waals surface area contributed by atoms with E-state index in [1.54, 1.807) is 18.2 Å². The molecule has 27 heavy (non-hydrogen) atoms. The SMILES string of the molecule is Cc1cc(CN2C(=O)c3ccccc3S2(=O)=O)c(-c2ccccc2)cc1C. The summed E-state index contributed by atoms with van der Waals surface area (Å²) >= 11 is 0. The van der Waals surface area contributed by atoms with Gasteiger partial charge in [-0.1, -0.05) is 54.6 Å². The minimum absolute atomic E-state index is 0.0151. The second-order valence-electron chi connectivity index (χ2n) is 6.77. The van der Waals surface area contributed by atoms with E-state index in [1.807, 2.05) is 50.2 Å². The van der Waals surface area contributed by atoms with Crippen LogP contribution in [0, 0.1) is 13.8 Å². The average Bonchev–Trinajstić information content (AvgIpc) is 2.86. The Hall–Kier alpha value is -2.92. The number of hydrogen-bond donors (Lipinski definition) is 0. The summed E-state index contributed by atoms with van der Waals surface area (Å²) in [6.07, 6.45) is 0. The first-order valence-corrected chi connectivity index (χ1v) is 10.2. The highest BCUT2D eigenvalue weighted by molar-refractivity contribution is 7.90. The third-order valence-electron chi connectivity index (χ3n) is 5.03. The van der Waals surface area contributed by atoms with Crippen molar-refractivity contribution < 1.29 is 13.2 Å². The maximum absolute atomic E-state index is 12.9. The van der Waals surface area contributed by atoms with Crippen LogP contribution in [0.4, 0.5) is 0 Å². The van der Waals surface area contributed by atoms with Crippen molar-refractivity contribution in [2.75, 3.05) is 0 Å². The van der Waals surface area contributed by atoms with E-state index in [0.717, 1.165) is 32.1 Å². The van der Waals surface area contributed by atoms with Crippen LogP contribution in [0.25, 0.3) is 11.1 Å². The van der Waals surface area contributed by atoms with Crippen molar-refractivity contribution in [1.29, 1.82) is 0 Å². The van der Waals surface area contributed by atoms with Gasteiger partial charge in [-0.2, -0.15) is 0 Å². The Morgan fingerprint density at radius 2 is 1.44 bits per heavy atom. The number of nitrogens with zero attached hydrogens (tertiary/aromatic N) is 1. The molecule has 1 heterocycles. The molecule has 0 aliphatic carbocycles. The molecular weight excluding hydrogens is 358 g/mol. The summed E-state index contributed by atoms with van der Waals surface area (Å²) in [5.74, 6) is -0.470. The Bertz CT molecular complexity index is 1150. The highest BCUT2D eigenvalue weighted by Crippen LogP contribution is 2.34. The third kappa shape index (κ3) is 2.84. The molecule has 5 heteroatoms. The van der Waals surface area contributed by atoms with E-state index >= 15 is 0 Å². The Balaban J connectivity index is 1.82. The second kappa shape index (κ2) is 6.35. The zero-order valence-corrected chi connectivity index (χ0v) is 16.0. The van der Waals surface area contributed by atoms with Gasteiger partial charge in [0.25, 0.3) is 15.9 Å². The molecule has 1 aliphatic heterocycles. The fraction of sp³-hybridized carbons (Fsp3) is 0.136. The van der Waals surface area contributed by atoms with Gasteiger partial charge in [0.2, 0.25) is 0 Å². The first kappa shape index (κ1) is 17.5. The molecule has 0 saturated heterocycles.